The van der Waals surface area contributed by atoms with Crippen LogP contribution in [0.5, 0.6) is 0 Å². The van der Waals surface area contributed by atoms with Gasteiger partial charge in [0.15, 0.2) is 0 Å². The van der Waals surface area contributed by atoms with E-state index in [1.54, 1.807) is 0 Å². The summed E-state index contributed by atoms with van der Waals surface area (Å²) in [6.07, 6.45) is 2.14. The van der Waals surface area contributed by atoms with Crippen molar-refractivity contribution in [3.05, 3.63) is 73.3 Å². The highest BCUT2D eigenvalue weighted by atomic mass is 28.4. The van der Waals surface area contributed by atoms with Crippen LogP contribution in [0.15, 0.2) is 73.3 Å². The quantitative estimate of drug-likeness (QED) is 0.501. The molecule has 0 N–H and O–H groups in total. The molecule has 3 fully saturated rings. The van der Waals surface area contributed by atoms with Crippen LogP contribution in [-0.2, 0) is 14.0 Å². The van der Waals surface area contributed by atoms with Gasteiger partial charge in [-0.25, -0.2) is 9.69 Å². The number of carbonyl (C=O) groups excluding carboxylic acids is 2. The van der Waals surface area contributed by atoms with Gasteiger partial charge in [-0.3, -0.25) is 4.79 Å². The van der Waals surface area contributed by atoms with Crippen molar-refractivity contribution in [2.45, 2.75) is 56.9 Å². The van der Waals surface area contributed by atoms with Gasteiger partial charge in [-0.1, -0.05) is 88.0 Å². The summed E-state index contributed by atoms with van der Waals surface area (Å²) in [6, 6.07) is 20.9. The molecule has 2 aromatic rings. The lowest BCUT2D eigenvalue weighted by atomic mass is 9.90. The molecule has 2 amide bonds. The first-order valence-corrected chi connectivity index (χ1v) is 13.6. The summed E-state index contributed by atoms with van der Waals surface area (Å²) in [6.45, 7) is 10.4. The molecular weight excluding hydrogens is 430 g/mol. The monoisotopic (exact) mass is 461 g/mol. The first-order valence-electron chi connectivity index (χ1n) is 11.7. The van der Waals surface area contributed by atoms with Gasteiger partial charge in [0.2, 0.25) is 0 Å². The van der Waals surface area contributed by atoms with Crippen LogP contribution >= 0.6 is 0 Å². The number of fused-ring (bicyclic) bond motifs is 5. The Bertz CT molecular complexity index is 1030. The Kier molecular flexibility index (Phi) is 5.33. The van der Waals surface area contributed by atoms with Crippen LogP contribution < -0.4 is 10.4 Å². The van der Waals surface area contributed by atoms with E-state index in [-0.39, 0.29) is 41.0 Å². The zero-order valence-electron chi connectivity index (χ0n) is 19.4. The first kappa shape index (κ1) is 22.1. The molecule has 2 aromatic carbocycles. The lowest BCUT2D eigenvalue weighted by Gasteiger charge is -2.47. The van der Waals surface area contributed by atoms with Crippen molar-refractivity contribution in [2.75, 3.05) is 0 Å². The molecular formula is C27H31NO4Si. The smallest absolute Gasteiger partial charge is 0.417 e. The highest BCUT2D eigenvalue weighted by Crippen LogP contribution is 2.54. The maximum Gasteiger partial charge on any atom is 0.417 e. The maximum atomic E-state index is 12.5. The number of amides is 2. The van der Waals surface area contributed by atoms with E-state index in [4.69, 9.17) is 9.16 Å². The molecule has 5 rings (SSSR count). The van der Waals surface area contributed by atoms with Gasteiger partial charge in [0, 0.05) is 11.8 Å². The van der Waals surface area contributed by atoms with Crippen LogP contribution in [0, 0.1) is 11.8 Å². The van der Waals surface area contributed by atoms with E-state index >= 15 is 0 Å². The molecule has 1 saturated heterocycles. The van der Waals surface area contributed by atoms with Gasteiger partial charge in [-0.05, 0) is 34.3 Å². The molecule has 0 spiro atoms. The van der Waals surface area contributed by atoms with Crippen LogP contribution in [0.4, 0.5) is 4.79 Å². The molecule has 1 aliphatic heterocycles. The molecule has 0 aromatic heterocycles. The Labute approximate surface area is 196 Å². The molecule has 2 saturated carbocycles. The zero-order chi connectivity index (χ0) is 23.4. The molecule has 3 aliphatic rings. The fraction of sp³-hybridized carbons (Fsp3) is 0.407. The average Bonchev–Trinajstić information content (AvgIpc) is 3.47. The summed E-state index contributed by atoms with van der Waals surface area (Å²) in [5, 5.41) is 2.34. The minimum atomic E-state index is -2.72. The third kappa shape index (κ3) is 3.30. The predicted octanol–water partition coefficient (Wildman–Crippen LogP) is 3.87. The van der Waals surface area contributed by atoms with Gasteiger partial charge in [0.1, 0.15) is 6.10 Å². The zero-order valence-corrected chi connectivity index (χ0v) is 20.4. The van der Waals surface area contributed by atoms with E-state index in [2.05, 4.69) is 75.9 Å². The molecule has 2 aliphatic carbocycles. The fourth-order valence-corrected chi connectivity index (χ4v) is 11.1. The number of carbonyl (C=O) groups is 2. The minimum absolute atomic E-state index is 0.0443. The Balaban J connectivity index is 1.57. The molecule has 172 valence electrons. The normalized spacial score (nSPS) is 28.5. The van der Waals surface area contributed by atoms with Gasteiger partial charge in [0.05, 0.1) is 12.1 Å². The van der Waals surface area contributed by atoms with Crippen molar-refractivity contribution in [1.29, 1.82) is 0 Å². The minimum Gasteiger partial charge on any atom is -0.443 e. The van der Waals surface area contributed by atoms with Crippen molar-refractivity contribution >= 4 is 30.7 Å². The summed E-state index contributed by atoms with van der Waals surface area (Å²) in [5.74, 6) is -0.101. The average molecular weight is 462 g/mol. The Morgan fingerprint density at radius 2 is 1.64 bits per heavy atom. The molecule has 5 nitrogen and oxygen atoms in total. The maximum absolute atomic E-state index is 12.5. The van der Waals surface area contributed by atoms with Crippen LogP contribution in [0.25, 0.3) is 0 Å². The van der Waals surface area contributed by atoms with Crippen molar-refractivity contribution < 1.29 is 18.8 Å². The number of ether oxygens (including phenoxy) is 1. The van der Waals surface area contributed by atoms with E-state index in [0.29, 0.717) is 0 Å². The molecule has 6 heteroatoms. The SMILES string of the molecule is C=CC(=O)N1C(=O)O[C@@H]2[C@H]3C[C@@H]([C@@H]21)[C@@H](O[Si](c1ccccc1)(c1ccccc1)C(C)(C)C)C3. The summed E-state index contributed by atoms with van der Waals surface area (Å²) in [5.41, 5.74) is 0. The van der Waals surface area contributed by atoms with E-state index in [1.807, 2.05) is 12.1 Å². The summed E-state index contributed by atoms with van der Waals surface area (Å²) < 4.78 is 13.0. The second-order valence-electron chi connectivity index (χ2n) is 10.5. The van der Waals surface area contributed by atoms with Gasteiger partial charge in [-0.2, -0.15) is 0 Å². The topological polar surface area (TPSA) is 55.8 Å². The van der Waals surface area contributed by atoms with E-state index in [9.17, 15) is 9.59 Å². The number of rotatable bonds is 5. The second-order valence-corrected chi connectivity index (χ2v) is 14.7. The van der Waals surface area contributed by atoms with Crippen LogP contribution in [0.1, 0.15) is 33.6 Å². The summed E-state index contributed by atoms with van der Waals surface area (Å²) >= 11 is 0. The highest BCUT2D eigenvalue weighted by Gasteiger charge is 2.64. The first-order chi connectivity index (χ1) is 15.8. The number of hydrogen-bond donors (Lipinski definition) is 0. The van der Waals surface area contributed by atoms with E-state index < -0.39 is 14.4 Å². The lowest BCUT2D eigenvalue weighted by Crippen LogP contribution is -2.68. The largest absolute Gasteiger partial charge is 0.443 e. The third-order valence-corrected chi connectivity index (χ3v) is 12.8. The number of imide groups is 1. The highest BCUT2D eigenvalue weighted by molar-refractivity contribution is 6.99. The standard InChI is InChI=1S/C27H31NO4Si/c1-5-23(29)28-24-21-16-18(25(24)31-26(28)30)17-22(21)32-33(27(2,3)4,19-12-8-6-9-13-19)20-14-10-7-11-15-20/h5-15,18,21-22,24-25H,1,16-17H2,2-4H3/t18-,21+,22-,24-,25+/m0/s1. The Morgan fingerprint density at radius 3 is 2.15 bits per heavy atom. The number of hydrogen-bond acceptors (Lipinski definition) is 4. The van der Waals surface area contributed by atoms with Crippen LogP contribution in [-0.4, -0.2) is 43.5 Å². The third-order valence-electron chi connectivity index (χ3n) is 7.72. The van der Waals surface area contributed by atoms with Crippen molar-refractivity contribution in [3.63, 3.8) is 0 Å². The molecule has 5 atom stereocenters. The number of benzene rings is 2. The molecule has 2 bridgehead atoms. The Hall–Kier alpha value is -2.70. The van der Waals surface area contributed by atoms with E-state index in [1.165, 1.54) is 21.3 Å². The van der Waals surface area contributed by atoms with Crippen molar-refractivity contribution in [2.24, 2.45) is 11.8 Å². The Morgan fingerprint density at radius 1 is 1.06 bits per heavy atom. The van der Waals surface area contributed by atoms with Crippen molar-refractivity contribution in [3.8, 4) is 0 Å². The second kappa shape index (κ2) is 7.96. The molecule has 33 heavy (non-hydrogen) atoms. The molecule has 0 unspecified atom stereocenters. The van der Waals surface area contributed by atoms with Crippen LogP contribution in [0.2, 0.25) is 5.04 Å². The molecule has 1 heterocycles. The summed E-state index contributed by atoms with van der Waals surface area (Å²) in [4.78, 5) is 26.3. The summed E-state index contributed by atoms with van der Waals surface area (Å²) in [7, 11) is -2.72. The van der Waals surface area contributed by atoms with E-state index in [0.717, 1.165) is 12.8 Å². The van der Waals surface area contributed by atoms with Gasteiger partial charge < -0.3 is 9.16 Å². The van der Waals surface area contributed by atoms with Crippen molar-refractivity contribution in [1.82, 2.24) is 4.90 Å². The lowest BCUT2D eigenvalue weighted by molar-refractivity contribution is -0.125. The fourth-order valence-electron chi connectivity index (χ4n) is 6.41. The van der Waals surface area contributed by atoms with Gasteiger partial charge >= 0.3 is 6.09 Å². The van der Waals surface area contributed by atoms with Crippen LogP contribution in [0.3, 0.4) is 0 Å². The van der Waals surface area contributed by atoms with Gasteiger partial charge in [0.25, 0.3) is 14.2 Å². The number of nitrogens with zero attached hydrogens (tertiary/aromatic N) is 1. The molecule has 0 radical (unpaired) electrons. The predicted molar refractivity (Wildman–Crippen MR) is 130 cm³/mol. The van der Waals surface area contributed by atoms with Gasteiger partial charge in [-0.15, -0.1) is 0 Å².